The molecule has 1 unspecified atom stereocenters. The third kappa shape index (κ3) is 4.08. The fraction of sp³-hybridized carbons (Fsp3) is 0.227. The fourth-order valence-electron chi connectivity index (χ4n) is 3.29. The Balaban J connectivity index is 2.07. The van der Waals surface area contributed by atoms with E-state index in [0.717, 1.165) is 11.1 Å². The van der Waals surface area contributed by atoms with Crippen molar-refractivity contribution < 1.29 is 17.9 Å². The van der Waals surface area contributed by atoms with E-state index in [1.165, 1.54) is 0 Å². The van der Waals surface area contributed by atoms with Crippen molar-refractivity contribution in [2.75, 3.05) is 7.11 Å². The number of hydrogen-bond acceptors (Lipinski definition) is 4. The highest BCUT2D eigenvalue weighted by Gasteiger charge is 2.32. The monoisotopic (exact) mass is 397 g/mol. The predicted molar refractivity (Wildman–Crippen MR) is 109 cm³/mol. The van der Waals surface area contributed by atoms with Crippen LogP contribution < -0.4 is 9.46 Å². The minimum Gasteiger partial charge on any atom is -0.497 e. The van der Waals surface area contributed by atoms with E-state index in [2.05, 4.69) is 11.3 Å². The van der Waals surface area contributed by atoms with E-state index in [1.807, 2.05) is 6.92 Å². The SMILES string of the molecule is C=CC1=C(C(NS(=O)(=O)c2ccc(C)cc2)c2ccc(OC)cc2)C(=O)CC1. The van der Waals surface area contributed by atoms with Gasteiger partial charge in [0.25, 0.3) is 0 Å². The van der Waals surface area contributed by atoms with Crippen molar-refractivity contribution in [3.63, 3.8) is 0 Å². The number of nitrogens with one attached hydrogen (secondary N) is 1. The molecule has 1 atom stereocenters. The van der Waals surface area contributed by atoms with E-state index >= 15 is 0 Å². The molecule has 1 aliphatic carbocycles. The Kier molecular flexibility index (Phi) is 5.82. The van der Waals surface area contributed by atoms with Crippen LogP contribution >= 0.6 is 0 Å². The van der Waals surface area contributed by atoms with E-state index in [-0.39, 0.29) is 10.7 Å². The van der Waals surface area contributed by atoms with Crippen molar-refractivity contribution in [3.05, 3.63) is 83.5 Å². The van der Waals surface area contributed by atoms with Crippen molar-refractivity contribution in [1.29, 1.82) is 0 Å². The minimum absolute atomic E-state index is 0.0673. The van der Waals surface area contributed by atoms with Crippen LogP contribution in [0.15, 0.2) is 77.2 Å². The first-order chi connectivity index (χ1) is 13.4. The topological polar surface area (TPSA) is 72.5 Å². The molecule has 1 aliphatic rings. The third-order valence-electron chi connectivity index (χ3n) is 4.86. The molecule has 28 heavy (non-hydrogen) atoms. The molecule has 0 aromatic heterocycles. The molecule has 0 saturated heterocycles. The molecule has 2 aromatic rings. The number of rotatable bonds is 7. The summed E-state index contributed by atoms with van der Waals surface area (Å²) in [5, 5.41) is 0. The summed E-state index contributed by atoms with van der Waals surface area (Å²) in [6.45, 7) is 5.68. The summed E-state index contributed by atoms with van der Waals surface area (Å²) in [6.07, 6.45) is 2.56. The van der Waals surface area contributed by atoms with E-state index in [1.54, 1.807) is 61.7 Å². The average molecular weight is 397 g/mol. The summed E-state index contributed by atoms with van der Waals surface area (Å²) in [5.74, 6) is 0.585. The first-order valence-electron chi connectivity index (χ1n) is 8.97. The lowest BCUT2D eigenvalue weighted by Gasteiger charge is -2.21. The van der Waals surface area contributed by atoms with Crippen molar-refractivity contribution in [2.45, 2.75) is 30.7 Å². The number of benzene rings is 2. The number of sulfonamides is 1. The molecule has 5 nitrogen and oxygen atoms in total. The Morgan fingerprint density at radius 3 is 2.29 bits per heavy atom. The van der Waals surface area contributed by atoms with Crippen molar-refractivity contribution >= 4 is 15.8 Å². The lowest BCUT2D eigenvalue weighted by molar-refractivity contribution is -0.115. The Morgan fingerprint density at radius 2 is 1.71 bits per heavy atom. The van der Waals surface area contributed by atoms with E-state index in [4.69, 9.17) is 4.74 Å². The summed E-state index contributed by atoms with van der Waals surface area (Å²) < 4.78 is 33.9. The van der Waals surface area contributed by atoms with Gasteiger partial charge in [0.2, 0.25) is 10.0 Å². The normalized spacial score (nSPS) is 15.6. The lowest BCUT2D eigenvalue weighted by Crippen LogP contribution is -2.31. The molecule has 0 fully saturated rings. The number of carbonyl (C=O) groups excluding carboxylic acids is 1. The Morgan fingerprint density at radius 1 is 1.07 bits per heavy atom. The van der Waals surface area contributed by atoms with E-state index in [9.17, 15) is 13.2 Å². The highest BCUT2D eigenvalue weighted by atomic mass is 32.2. The van der Waals surface area contributed by atoms with Crippen molar-refractivity contribution in [1.82, 2.24) is 4.72 Å². The van der Waals surface area contributed by atoms with Gasteiger partial charge in [-0.15, -0.1) is 0 Å². The number of aryl methyl sites for hydroxylation is 1. The number of carbonyl (C=O) groups is 1. The second-order valence-corrected chi connectivity index (χ2v) is 8.42. The second-order valence-electron chi connectivity index (χ2n) is 6.71. The molecular weight excluding hydrogens is 374 g/mol. The lowest BCUT2D eigenvalue weighted by atomic mass is 9.96. The molecule has 2 aromatic carbocycles. The molecule has 0 amide bonds. The molecule has 3 rings (SSSR count). The van der Waals surface area contributed by atoms with Gasteiger partial charge in [0.05, 0.1) is 18.0 Å². The van der Waals surface area contributed by atoms with Crippen LogP contribution in [0.5, 0.6) is 5.75 Å². The van der Waals surface area contributed by atoms with Gasteiger partial charge in [-0.25, -0.2) is 8.42 Å². The number of Topliss-reactive ketones (excluding diaryl/α,β-unsaturated/α-hetero) is 1. The fourth-order valence-corrected chi connectivity index (χ4v) is 4.48. The predicted octanol–water partition coefficient (Wildman–Crippen LogP) is 3.87. The zero-order valence-corrected chi connectivity index (χ0v) is 16.8. The summed E-state index contributed by atoms with van der Waals surface area (Å²) in [5.41, 5.74) is 2.86. The van der Waals surface area contributed by atoms with Gasteiger partial charge < -0.3 is 4.74 Å². The van der Waals surface area contributed by atoms with Gasteiger partial charge in [0, 0.05) is 12.0 Å². The molecule has 1 N–H and O–H groups in total. The van der Waals surface area contributed by atoms with Crippen LogP contribution in [0.4, 0.5) is 0 Å². The minimum atomic E-state index is -3.83. The highest BCUT2D eigenvalue weighted by molar-refractivity contribution is 7.89. The summed E-state index contributed by atoms with van der Waals surface area (Å²) in [6, 6.07) is 12.8. The maximum absolute atomic E-state index is 13.0. The largest absolute Gasteiger partial charge is 0.497 e. The number of allylic oxidation sites excluding steroid dienone is 2. The smallest absolute Gasteiger partial charge is 0.241 e. The molecule has 146 valence electrons. The molecular formula is C22H23NO4S. The second kappa shape index (κ2) is 8.12. The zero-order valence-electron chi connectivity index (χ0n) is 15.9. The number of methoxy groups -OCH3 is 1. The summed E-state index contributed by atoms with van der Waals surface area (Å²) in [7, 11) is -2.27. The van der Waals surface area contributed by atoms with Gasteiger partial charge >= 0.3 is 0 Å². The van der Waals surface area contributed by atoms with Crippen molar-refractivity contribution in [3.8, 4) is 5.75 Å². The van der Waals surface area contributed by atoms with Gasteiger partial charge in [-0.1, -0.05) is 42.5 Å². The first-order valence-corrected chi connectivity index (χ1v) is 10.5. The maximum Gasteiger partial charge on any atom is 0.241 e. The van der Waals surface area contributed by atoms with Crippen LogP contribution in [0.1, 0.15) is 30.0 Å². The molecule has 0 radical (unpaired) electrons. The van der Waals surface area contributed by atoms with Gasteiger partial charge in [-0.05, 0) is 48.7 Å². The Labute approximate surface area is 165 Å². The Bertz CT molecular complexity index is 1020. The molecule has 0 bridgehead atoms. The standard InChI is InChI=1S/C22H23NO4S/c1-4-16-9-14-20(24)21(16)22(17-7-10-18(27-3)11-8-17)23-28(25,26)19-12-5-15(2)6-13-19/h4-8,10-13,22-23H,1,9,14H2,2-3H3. The molecule has 0 heterocycles. The zero-order chi connectivity index (χ0) is 20.3. The molecule has 6 heteroatoms. The molecule has 0 saturated carbocycles. The maximum atomic E-state index is 13.0. The van der Waals surface area contributed by atoms with Gasteiger partial charge in [-0.2, -0.15) is 4.72 Å². The summed E-state index contributed by atoms with van der Waals surface area (Å²) >= 11 is 0. The first kappa shape index (κ1) is 20.0. The van der Waals surface area contributed by atoms with E-state index < -0.39 is 16.1 Å². The third-order valence-corrected chi connectivity index (χ3v) is 6.30. The van der Waals surface area contributed by atoms with Gasteiger partial charge in [0.15, 0.2) is 5.78 Å². The number of ether oxygens (including phenoxy) is 1. The van der Waals surface area contributed by atoms with Crippen LogP contribution in [0.2, 0.25) is 0 Å². The number of ketones is 1. The van der Waals surface area contributed by atoms with Crippen LogP contribution in [-0.2, 0) is 14.8 Å². The number of hydrogen-bond donors (Lipinski definition) is 1. The highest BCUT2D eigenvalue weighted by Crippen LogP contribution is 2.35. The van der Waals surface area contributed by atoms with Crippen LogP contribution in [0.25, 0.3) is 0 Å². The van der Waals surface area contributed by atoms with Crippen LogP contribution in [0, 0.1) is 6.92 Å². The molecule has 0 spiro atoms. The van der Waals surface area contributed by atoms with E-state index in [0.29, 0.717) is 29.7 Å². The van der Waals surface area contributed by atoms with Gasteiger partial charge in [-0.3, -0.25) is 4.79 Å². The van der Waals surface area contributed by atoms with Crippen LogP contribution in [-0.4, -0.2) is 21.3 Å². The van der Waals surface area contributed by atoms with Gasteiger partial charge in [0.1, 0.15) is 5.75 Å². The quantitative estimate of drug-likeness (QED) is 0.770. The molecule has 0 aliphatic heterocycles. The average Bonchev–Trinajstić information content (AvgIpc) is 3.07. The summed E-state index contributed by atoms with van der Waals surface area (Å²) in [4.78, 5) is 12.7. The van der Waals surface area contributed by atoms with Crippen molar-refractivity contribution in [2.24, 2.45) is 0 Å². The Hall–Kier alpha value is -2.70. The van der Waals surface area contributed by atoms with Crippen LogP contribution in [0.3, 0.4) is 0 Å².